The minimum Gasteiger partial charge on any atom is -0.504 e. The van der Waals surface area contributed by atoms with Crippen LogP contribution in [0.1, 0.15) is 104 Å². The quantitative estimate of drug-likeness (QED) is 0.0393. The van der Waals surface area contributed by atoms with Gasteiger partial charge in [-0.25, -0.2) is 4.98 Å². The molecule has 3 aliphatic rings. The Kier molecular flexibility index (Phi) is 23.3. The normalized spacial score (nSPS) is 15.9. The second-order valence-electron chi connectivity index (χ2n) is 21.1. The number of hydrogen-bond acceptors (Lipinski definition) is 16. The fourth-order valence-corrected chi connectivity index (χ4v) is 9.81. The number of phenols is 1. The van der Waals surface area contributed by atoms with Crippen molar-refractivity contribution < 1.29 is 58.0 Å². The number of carbonyl (C=O) groups is 1. The van der Waals surface area contributed by atoms with Crippen molar-refractivity contribution in [2.24, 2.45) is 5.41 Å². The van der Waals surface area contributed by atoms with E-state index >= 15 is 0 Å². The Balaban J connectivity index is 0.000000252. The lowest BCUT2D eigenvalue weighted by molar-refractivity contribution is -0.226. The van der Waals surface area contributed by atoms with Crippen molar-refractivity contribution >= 4 is 28.3 Å². The number of aliphatic hydroxyl groups excluding tert-OH is 2. The number of rotatable bonds is 20. The molecule has 18 nitrogen and oxygen atoms in total. The van der Waals surface area contributed by atoms with E-state index in [1.807, 2.05) is 109 Å². The molecule has 0 bridgehead atoms. The Morgan fingerprint density at radius 3 is 1.84 bits per heavy atom. The van der Waals surface area contributed by atoms with Gasteiger partial charge in [0.15, 0.2) is 36.1 Å². The van der Waals surface area contributed by atoms with Crippen molar-refractivity contribution in [1.82, 2.24) is 19.8 Å². The summed E-state index contributed by atoms with van der Waals surface area (Å²) in [6.07, 6.45) is -0.246. The highest BCUT2D eigenvalue weighted by Gasteiger charge is 2.36. The first kappa shape index (κ1) is 63.4. The van der Waals surface area contributed by atoms with Crippen LogP contribution in [0.15, 0.2) is 72.8 Å². The minimum absolute atomic E-state index is 0.0391. The van der Waals surface area contributed by atoms with Gasteiger partial charge in [0.1, 0.15) is 42.7 Å². The number of aromatic hydroxyl groups is 1. The van der Waals surface area contributed by atoms with Crippen LogP contribution in [0.4, 0.5) is 11.4 Å². The summed E-state index contributed by atoms with van der Waals surface area (Å²) >= 11 is 0. The van der Waals surface area contributed by atoms with Crippen LogP contribution in [0, 0.1) is 33.1 Å². The molecule has 0 unspecified atom stereocenters. The third-order valence-electron chi connectivity index (χ3n) is 14.0. The number of methoxy groups -OCH3 is 3. The number of H-pyrrole nitrogens is 1. The first-order valence-electron chi connectivity index (χ1n) is 28.2. The number of nitrogens with zero attached hydrogens (tertiary/aromatic N) is 3. The summed E-state index contributed by atoms with van der Waals surface area (Å²) < 4.78 is 45.6. The van der Waals surface area contributed by atoms with Crippen LogP contribution in [0.3, 0.4) is 0 Å². The van der Waals surface area contributed by atoms with Gasteiger partial charge in [0.05, 0.1) is 49.6 Å². The summed E-state index contributed by atoms with van der Waals surface area (Å²) in [5.41, 5.74) is 9.71. The van der Waals surface area contributed by atoms with Crippen LogP contribution in [0.25, 0.3) is 22.4 Å². The highest BCUT2D eigenvalue weighted by Crippen LogP contribution is 2.45. The van der Waals surface area contributed by atoms with Gasteiger partial charge >= 0.3 is 0 Å². The van der Waals surface area contributed by atoms with Gasteiger partial charge in [-0.1, -0.05) is 76.9 Å². The lowest BCUT2D eigenvalue weighted by atomic mass is 9.95. The summed E-state index contributed by atoms with van der Waals surface area (Å²) in [5.74, 6) is 3.20. The number of phenolic OH excluding ortho intramolecular Hbond substituents is 1. The van der Waals surface area contributed by atoms with Crippen LogP contribution in [-0.4, -0.2) is 147 Å². The molecule has 4 heterocycles. The third-order valence-corrected chi connectivity index (χ3v) is 14.0. The number of piperidine rings is 1. The number of nitrogens with one attached hydrogen (secondary N) is 3. The van der Waals surface area contributed by atoms with E-state index < -0.39 is 18.5 Å². The van der Waals surface area contributed by atoms with E-state index in [9.17, 15) is 20.1 Å². The van der Waals surface area contributed by atoms with Gasteiger partial charge in [-0.05, 0) is 126 Å². The molecule has 2 saturated heterocycles. The molecule has 2 atom stereocenters. The van der Waals surface area contributed by atoms with Crippen molar-refractivity contribution in [2.75, 3.05) is 98.4 Å². The summed E-state index contributed by atoms with van der Waals surface area (Å²) in [4.78, 5) is 25.8. The Bertz CT molecular complexity index is 2980. The fraction of sp³-hybridized carbons (Fsp3) is 0.492. The van der Waals surface area contributed by atoms with E-state index in [0.29, 0.717) is 76.4 Å². The maximum Gasteiger partial charge on any atom is 0.254 e. The smallest absolute Gasteiger partial charge is 0.254 e. The van der Waals surface area contributed by atoms with Crippen LogP contribution in [0.5, 0.6) is 34.5 Å². The molecule has 6 N–H and O–H groups in total. The molecular weight excluding hydrogens is 1030 g/mol. The monoisotopic (exact) mass is 1120 g/mol. The molecule has 0 radical (unpaired) electrons. The van der Waals surface area contributed by atoms with E-state index in [1.165, 1.54) is 12.7 Å². The second kappa shape index (κ2) is 29.8. The van der Waals surface area contributed by atoms with E-state index in [2.05, 4.69) is 47.5 Å². The third kappa shape index (κ3) is 16.2. The first-order chi connectivity index (χ1) is 38.9. The Morgan fingerprint density at radius 1 is 0.741 bits per heavy atom. The standard InChI is InChI=1S/C33H39N5O5.C26H37NO7.2C2H6/c1-19-5-7-28(20(2)13-19)43-18-23(39)16-34-25-6-8-29(42-4)31(40)30(25)32-35-26-14-21-17-38(22-9-11-37(3)12-10-22)33(41)24(21)15-27(26)36-32;1-17-7-9-21(18(2)11-17)31-13-19(28)12-27-20-8-10-22(30-6)24(34-16-29-5)23(20)25-32-14-26(3,4)15-33-25;2*1-2/h5-8,13-15,22-23,34,39-40H,9-12,16-18H2,1-4H3,(H,35,36);7-11,19,25,27-28H,12-16H2,1-6H3;2*1-2H3/t23-;19-;;/m11../s1. The molecule has 1 aromatic heterocycles. The lowest BCUT2D eigenvalue weighted by Gasteiger charge is -2.36. The summed E-state index contributed by atoms with van der Waals surface area (Å²) in [7, 11) is 6.74. The van der Waals surface area contributed by atoms with E-state index in [0.717, 1.165) is 65.2 Å². The van der Waals surface area contributed by atoms with Gasteiger partial charge in [-0.2, -0.15) is 0 Å². The summed E-state index contributed by atoms with van der Waals surface area (Å²) in [6.45, 7) is 24.6. The van der Waals surface area contributed by atoms with E-state index in [4.69, 9.17) is 42.9 Å². The van der Waals surface area contributed by atoms with Gasteiger partial charge in [-0.15, -0.1) is 0 Å². The lowest BCUT2D eigenvalue weighted by Crippen LogP contribution is -2.43. The van der Waals surface area contributed by atoms with Crippen LogP contribution in [-0.2, 0) is 20.8 Å². The SMILES string of the molecule is CC.CC.COCOc1c(OC)ccc(NC[C@@H](O)COc2ccc(C)cc2C)c1C1OCC(C)(C)CO1.COc1ccc(NC[C@@H](O)COc2ccc(C)cc2C)c(-c2nc3cc4c(cc3[nH]2)CN(C2CCN(C)CC2)C4=O)c1O. The fourth-order valence-electron chi connectivity index (χ4n) is 9.81. The largest absolute Gasteiger partial charge is 0.504 e. The highest BCUT2D eigenvalue weighted by molar-refractivity contribution is 6.02. The van der Waals surface area contributed by atoms with E-state index in [-0.39, 0.29) is 56.2 Å². The summed E-state index contributed by atoms with van der Waals surface area (Å²) in [5, 5.41) is 38.9. The number of ether oxygens (including phenoxy) is 8. The zero-order chi connectivity index (χ0) is 59.0. The molecule has 6 aromatic rings. The van der Waals surface area contributed by atoms with Crippen LogP contribution in [0.2, 0.25) is 0 Å². The number of aromatic amines is 1. The number of anilines is 2. The second-order valence-corrected chi connectivity index (χ2v) is 21.1. The molecule has 2 fully saturated rings. The number of aliphatic hydroxyl groups is 2. The first-order valence-corrected chi connectivity index (χ1v) is 28.2. The summed E-state index contributed by atoms with van der Waals surface area (Å²) in [6, 6.07) is 23.1. The van der Waals surface area contributed by atoms with Gasteiger partial charge < -0.3 is 78.6 Å². The zero-order valence-corrected chi connectivity index (χ0v) is 50.1. The number of fused-ring (bicyclic) bond motifs is 2. The number of hydrogen-bond donors (Lipinski definition) is 6. The maximum absolute atomic E-state index is 13.4. The van der Waals surface area contributed by atoms with Crippen molar-refractivity contribution in [2.45, 2.75) is 113 Å². The molecular formula is C63H88N6O12. The van der Waals surface area contributed by atoms with Crippen molar-refractivity contribution in [3.05, 3.63) is 112 Å². The molecule has 0 aliphatic carbocycles. The number of aryl methyl sites for hydroxylation is 4. The zero-order valence-electron chi connectivity index (χ0n) is 50.1. The Labute approximate surface area is 479 Å². The number of amides is 1. The molecule has 442 valence electrons. The van der Waals surface area contributed by atoms with Crippen molar-refractivity contribution in [3.8, 4) is 45.9 Å². The van der Waals surface area contributed by atoms with Gasteiger partial charge in [-0.3, -0.25) is 4.79 Å². The number of imidazole rings is 1. The molecule has 18 heteroatoms. The predicted octanol–water partition coefficient (Wildman–Crippen LogP) is 10.7. The van der Waals surface area contributed by atoms with Crippen molar-refractivity contribution in [3.63, 3.8) is 0 Å². The number of aromatic nitrogens is 2. The molecule has 3 aliphatic heterocycles. The minimum atomic E-state index is -0.810. The average molecular weight is 1120 g/mol. The molecule has 0 saturated carbocycles. The Morgan fingerprint density at radius 2 is 1.28 bits per heavy atom. The van der Waals surface area contributed by atoms with Crippen LogP contribution >= 0.6 is 0 Å². The predicted molar refractivity (Wildman–Crippen MR) is 319 cm³/mol. The highest BCUT2D eigenvalue weighted by atomic mass is 16.7. The molecule has 9 rings (SSSR count). The molecule has 0 spiro atoms. The average Bonchev–Trinajstić information content (AvgIpc) is 4.24. The van der Waals surface area contributed by atoms with Gasteiger partial charge in [0.25, 0.3) is 5.91 Å². The molecule has 81 heavy (non-hydrogen) atoms. The number of carbonyl (C=O) groups excluding carboxylic acids is 1. The van der Waals surface area contributed by atoms with Crippen LogP contribution < -0.4 is 34.3 Å². The molecule has 5 aromatic carbocycles. The number of likely N-dealkylation sites (tertiary alicyclic amines) is 1. The number of benzene rings is 5. The van der Waals surface area contributed by atoms with Gasteiger partial charge in [0, 0.05) is 55.1 Å². The van der Waals surface area contributed by atoms with Crippen molar-refractivity contribution in [1.29, 1.82) is 0 Å². The topological polar surface area (TPSA) is 211 Å². The Hall–Kier alpha value is -6.80. The van der Waals surface area contributed by atoms with E-state index in [1.54, 1.807) is 32.4 Å². The molecule has 1 amide bonds. The maximum atomic E-state index is 13.4. The van der Waals surface area contributed by atoms with Gasteiger partial charge in [0.2, 0.25) is 0 Å².